The molecule has 1 aliphatic carbocycles. The summed E-state index contributed by atoms with van der Waals surface area (Å²) >= 11 is 5.97. The molecule has 0 bridgehead atoms. The first-order chi connectivity index (χ1) is 8.19. The first-order valence-electron chi connectivity index (χ1n) is 5.66. The van der Waals surface area contributed by atoms with Crippen LogP contribution in [0.2, 0.25) is 0 Å². The van der Waals surface area contributed by atoms with E-state index in [1.165, 1.54) is 0 Å². The Morgan fingerprint density at radius 1 is 1.53 bits per heavy atom. The highest BCUT2D eigenvalue weighted by Gasteiger charge is 2.41. The highest BCUT2D eigenvalue weighted by atomic mass is 35.5. The van der Waals surface area contributed by atoms with Gasteiger partial charge in [-0.25, -0.2) is 4.98 Å². The van der Waals surface area contributed by atoms with E-state index in [2.05, 4.69) is 22.5 Å². The topological polar surface area (TPSA) is 41.6 Å². The molecule has 0 spiro atoms. The zero-order chi connectivity index (χ0) is 12.0. The van der Waals surface area contributed by atoms with E-state index < -0.39 is 0 Å². The van der Waals surface area contributed by atoms with Gasteiger partial charge in [-0.1, -0.05) is 6.07 Å². The van der Waals surface area contributed by atoms with Gasteiger partial charge in [0.2, 0.25) is 0 Å². The maximum absolute atomic E-state index is 9.09. The maximum Gasteiger partial charge on any atom is 0.125 e. The summed E-state index contributed by atoms with van der Waals surface area (Å²) in [6.45, 7) is 2.21. The van der Waals surface area contributed by atoms with Gasteiger partial charge in [-0.2, -0.15) is 5.26 Å². The fourth-order valence-electron chi connectivity index (χ4n) is 2.33. The second-order valence-corrected chi connectivity index (χ2v) is 5.05. The lowest BCUT2D eigenvalue weighted by Crippen LogP contribution is -2.14. The lowest BCUT2D eigenvalue weighted by Gasteiger charge is -2.14. The summed E-state index contributed by atoms with van der Waals surface area (Å²) in [6.07, 6.45) is 2.30. The predicted molar refractivity (Wildman–Crippen MR) is 66.9 cm³/mol. The number of fused-ring (bicyclic) bond motifs is 1. The van der Waals surface area contributed by atoms with Crippen LogP contribution in [-0.4, -0.2) is 9.55 Å². The normalized spacial score (nSPS) is 17.0. The van der Waals surface area contributed by atoms with E-state index in [9.17, 15) is 0 Å². The molecule has 86 valence electrons. The number of nitrogens with zero attached hydrogens (tertiary/aromatic N) is 3. The van der Waals surface area contributed by atoms with Gasteiger partial charge in [-0.05, 0) is 31.9 Å². The molecule has 0 N–H and O–H groups in total. The number of imidazole rings is 1. The standard InChI is InChI=1S/C13H12ClN3/c1-13(5-6-13)17-10-4-2-3-9(8-15)12(10)16-11(17)7-14/h2-4H,5-7H2,1H3. The Morgan fingerprint density at radius 3 is 2.88 bits per heavy atom. The van der Waals surface area contributed by atoms with Crippen LogP contribution >= 0.6 is 11.6 Å². The smallest absolute Gasteiger partial charge is 0.125 e. The van der Waals surface area contributed by atoms with Crippen molar-refractivity contribution in [3.8, 4) is 6.07 Å². The molecule has 0 unspecified atom stereocenters. The van der Waals surface area contributed by atoms with Gasteiger partial charge in [-0.15, -0.1) is 11.6 Å². The van der Waals surface area contributed by atoms with Crippen LogP contribution in [0.1, 0.15) is 31.2 Å². The molecule has 0 amide bonds. The summed E-state index contributed by atoms with van der Waals surface area (Å²) in [7, 11) is 0. The van der Waals surface area contributed by atoms with Crippen molar-refractivity contribution in [3.05, 3.63) is 29.6 Å². The molecule has 0 saturated heterocycles. The zero-order valence-electron chi connectivity index (χ0n) is 9.57. The number of rotatable bonds is 2. The summed E-state index contributed by atoms with van der Waals surface area (Å²) in [5, 5.41) is 9.09. The van der Waals surface area contributed by atoms with Crippen LogP contribution in [0.25, 0.3) is 11.0 Å². The first kappa shape index (κ1) is 10.6. The van der Waals surface area contributed by atoms with E-state index in [1.807, 2.05) is 12.1 Å². The van der Waals surface area contributed by atoms with Crippen molar-refractivity contribution in [2.45, 2.75) is 31.2 Å². The number of para-hydroxylation sites is 1. The molecule has 1 saturated carbocycles. The van der Waals surface area contributed by atoms with Crippen molar-refractivity contribution in [3.63, 3.8) is 0 Å². The second kappa shape index (κ2) is 3.48. The Kier molecular flexibility index (Phi) is 2.17. The third-order valence-electron chi connectivity index (χ3n) is 3.51. The zero-order valence-corrected chi connectivity index (χ0v) is 10.3. The van der Waals surface area contributed by atoms with Gasteiger partial charge < -0.3 is 4.57 Å². The van der Waals surface area contributed by atoms with Crippen molar-refractivity contribution >= 4 is 22.6 Å². The molecule has 1 heterocycles. The van der Waals surface area contributed by atoms with Gasteiger partial charge in [-0.3, -0.25) is 0 Å². The highest BCUT2D eigenvalue weighted by molar-refractivity contribution is 6.16. The number of hydrogen-bond donors (Lipinski definition) is 0. The fraction of sp³-hybridized carbons (Fsp3) is 0.385. The Balaban J connectivity index is 2.37. The van der Waals surface area contributed by atoms with Crippen LogP contribution in [0.4, 0.5) is 0 Å². The summed E-state index contributed by atoms with van der Waals surface area (Å²) in [4.78, 5) is 4.52. The SMILES string of the molecule is CC1(n2c(CCl)nc3c(C#N)cccc32)CC1. The first-order valence-corrected chi connectivity index (χ1v) is 6.20. The lowest BCUT2D eigenvalue weighted by atomic mass is 10.2. The van der Waals surface area contributed by atoms with Crippen LogP contribution in [0, 0.1) is 11.3 Å². The molecule has 0 aliphatic heterocycles. The van der Waals surface area contributed by atoms with Crippen molar-refractivity contribution in [1.29, 1.82) is 5.26 Å². The molecule has 2 aromatic rings. The highest BCUT2D eigenvalue weighted by Crippen LogP contribution is 2.45. The Bertz CT molecular complexity index is 632. The molecule has 1 aromatic heterocycles. The van der Waals surface area contributed by atoms with Gasteiger partial charge in [0.15, 0.2) is 0 Å². The van der Waals surface area contributed by atoms with Crippen LogP contribution < -0.4 is 0 Å². The van der Waals surface area contributed by atoms with Crippen molar-refractivity contribution in [2.24, 2.45) is 0 Å². The maximum atomic E-state index is 9.09. The predicted octanol–water partition coefficient (Wildman–Crippen LogP) is 3.16. The van der Waals surface area contributed by atoms with Crippen LogP contribution in [0.5, 0.6) is 0 Å². The third-order valence-corrected chi connectivity index (χ3v) is 3.75. The van der Waals surface area contributed by atoms with Crippen molar-refractivity contribution < 1.29 is 0 Å². The molecule has 0 radical (unpaired) electrons. The number of benzene rings is 1. The van der Waals surface area contributed by atoms with E-state index >= 15 is 0 Å². The van der Waals surface area contributed by atoms with E-state index in [0.29, 0.717) is 11.4 Å². The van der Waals surface area contributed by atoms with Crippen LogP contribution in [0.15, 0.2) is 18.2 Å². The molecule has 0 atom stereocenters. The van der Waals surface area contributed by atoms with Gasteiger partial charge in [0, 0.05) is 5.54 Å². The quantitative estimate of drug-likeness (QED) is 0.763. The van der Waals surface area contributed by atoms with Crippen molar-refractivity contribution in [2.75, 3.05) is 0 Å². The van der Waals surface area contributed by atoms with E-state index in [4.69, 9.17) is 16.9 Å². The van der Waals surface area contributed by atoms with Gasteiger partial charge in [0.25, 0.3) is 0 Å². The fourth-order valence-corrected chi connectivity index (χ4v) is 2.51. The molecular weight excluding hydrogens is 234 g/mol. The minimum atomic E-state index is 0.146. The monoisotopic (exact) mass is 245 g/mol. The van der Waals surface area contributed by atoms with E-state index in [1.54, 1.807) is 6.07 Å². The Hall–Kier alpha value is -1.53. The molecule has 4 heteroatoms. The van der Waals surface area contributed by atoms with E-state index in [0.717, 1.165) is 29.7 Å². The number of aromatic nitrogens is 2. The number of halogens is 1. The number of alkyl halides is 1. The molecule has 1 aromatic carbocycles. The van der Waals surface area contributed by atoms with Gasteiger partial charge in [0.1, 0.15) is 17.4 Å². The average Bonchev–Trinajstić information content (AvgIpc) is 2.95. The minimum Gasteiger partial charge on any atom is -0.321 e. The lowest BCUT2D eigenvalue weighted by molar-refractivity contribution is 0.531. The van der Waals surface area contributed by atoms with Crippen LogP contribution in [0.3, 0.4) is 0 Å². The van der Waals surface area contributed by atoms with Gasteiger partial charge in [0.05, 0.1) is 17.0 Å². The average molecular weight is 246 g/mol. The molecule has 3 rings (SSSR count). The second-order valence-electron chi connectivity index (χ2n) is 4.78. The largest absolute Gasteiger partial charge is 0.321 e. The molecule has 1 aliphatic rings. The number of hydrogen-bond acceptors (Lipinski definition) is 2. The molecule has 17 heavy (non-hydrogen) atoms. The Morgan fingerprint density at radius 2 is 2.29 bits per heavy atom. The third kappa shape index (κ3) is 1.44. The van der Waals surface area contributed by atoms with E-state index in [-0.39, 0.29) is 5.54 Å². The summed E-state index contributed by atoms with van der Waals surface area (Å²) in [5.41, 5.74) is 2.57. The summed E-state index contributed by atoms with van der Waals surface area (Å²) in [6, 6.07) is 7.91. The van der Waals surface area contributed by atoms with Crippen molar-refractivity contribution in [1.82, 2.24) is 9.55 Å². The molecular formula is C13H12ClN3. The number of nitriles is 1. The molecule has 3 nitrogen and oxygen atoms in total. The van der Waals surface area contributed by atoms with Gasteiger partial charge >= 0.3 is 0 Å². The van der Waals surface area contributed by atoms with Crippen LogP contribution in [-0.2, 0) is 11.4 Å². The molecule has 1 fully saturated rings. The summed E-state index contributed by atoms with van der Waals surface area (Å²) < 4.78 is 2.20. The summed E-state index contributed by atoms with van der Waals surface area (Å²) in [5.74, 6) is 1.25. The Labute approximate surface area is 105 Å². The minimum absolute atomic E-state index is 0.146.